The lowest BCUT2D eigenvalue weighted by atomic mass is 10.0. The number of benzene rings is 1. The van der Waals surface area contributed by atoms with E-state index in [-0.39, 0.29) is 18.0 Å². The second kappa shape index (κ2) is 9.42. The Morgan fingerprint density at radius 1 is 1.23 bits per heavy atom. The molecule has 1 fully saturated rings. The molecular formula is C21H23F4N3O2. The summed E-state index contributed by atoms with van der Waals surface area (Å²) in [6, 6.07) is 5.61. The van der Waals surface area contributed by atoms with Crippen LogP contribution in [0.1, 0.15) is 41.6 Å². The second-order valence-electron chi connectivity index (χ2n) is 7.43. The highest BCUT2D eigenvalue weighted by Gasteiger charge is 2.28. The molecule has 0 spiro atoms. The molecule has 2 aromatic rings. The molecule has 1 amide bonds. The van der Waals surface area contributed by atoms with Gasteiger partial charge in [0.25, 0.3) is 5.91 Å². The molecule has 3 rings (SSSR count). The van der Waals surface area contributed by atoms with E-state index in [9.17, 15) is 27.2 Å². The minimum Gasteiger partial charge on any atom is -0.348 e. The van der Waals surface area contributed by atoms with Gasteiger partial charge in [0.15, 0.2) is 0 Å². The number of Topliss-reactive ketones (excluding diaryl/α,β-unsaturated/α-hetero) is 1. The quantitative estimate of drug-likeness (QED) is 0.667. The summed E-state index contributed by atoms with van der Waals surface area (Å²) in [6.45, 7) is 1.50. The maximum absolute atomic E-state index is 13.6. The highest BCUT2D eigenvalue weighted by molar-refractivity contribution is 5.97. The van der Waals surface area contributed by atoms with E-state index in [0.29, 0.717) is 17.8 Å². The van der Waals surface area contributed by atoms with E-state index >= 15 is 0 Å². The highest BCUT2D eigenvalue weighted by Crippen LogP contribution is 2.23. The number of hydrogen-bond donors (Lipinski definition) is 2. The molecule has 1 aromatic carbocycles. The zero-order valence-electron chi connectivity index (χ0n) is 16.3. The Morgan fingerprint density at radius 2 is 2.03 bits per heavy atom. The zero-order valence-corrected chi connectivity index (χ0v) is 16.3. The summed E-state index contributed by atoms with van der Waals surface area (Å²) in [7, 11) is 0. The Bertz CT molecular complexity index is 902. The Labute approximate surface area is 171 Å². The molecule has 0 unspecified atom stereocenters. The van der Waals surface area contributed by atoms with Crippen LogP contribution in [0.5, 0.6) is 0 Å². The molecule has 1 atom stereocenters. The van der Waals surface area contributed by atoms with Crippen molar-refractivity contribution in [2.24, 2.45) is 0 Å². The van der Waals surface area contributed by atoms with Crippen molar-refractivity contribution in [3.05, 3.63) is 53.6 Å². The highest BCUT2D eigenvalue weighted by atomic mass is 19.4. The lowest BCUT2D eigenvalue weighted by Gasteiger charge is -2.23. The van der Waals surface area contributed by atoms with Crippen LogP contribution in [0.15, 0.2) is 36.7 Å². The normalized spacial score (nSPS) is 17.0. The number of nitrogens with zero attached hydrogens (tertiary/aromatic N) is 1. The third-order valence-electron chi connectivity index (χ3n) is 4.97. The zero-order chi connectivity index (χ0) is 21.7. The summed E-state index contributed by atoms with van der Waals surface area (Å²) >= 11 is 0. The van der Waals surface area contributed by atoms with Crippen molar-refractivity contribution in [3.63, 3.8) is 0 Å². The predicted molar refractivity (Wildman–Crippen MR) is 103 cm³/mol. The summed E-state index contributed by atoms with van der Waals surface area (Å²) < 4.78 is 52.4. The van der Waals surface area contributed by atoms with Gasteiger partial charge in [0, 0.05) is 43.5 Å². The van der Waals surface area contributed by atoms with E-state index in [4.69, 9.17) is 0 Å². The van der Waals surface area contributed by atoms with Crippen LogP contribution in [0.2, 0.25) is 0 Å². The first-order valence-electron chi connectivity index (χ1n) is 9.78. The maximum Gasteiger partial charge on any atom is 0.389 e. The van der Waals surface area contributed by atoms with Crippen LogP contribution in [0.25, 0.3) is 5.69 Å². The molecule has 1 saturated heterocycles. The van der Waals surface area contributed by atoms with Gasteiger partial charge < -0.3 is 15.2 Å². The molecule has 2 heterocycles. The Balaban J connectivity index is 1.82. The molecule has 0 bridgehead atoms. The van der Waals surface area contributed by atoms with E-state index in [0.717, 1.165) is 19.4 Å². The number of ketones is 1. The Morgan fingerprint density at radius 3 is 2.70 bits per heavy atom. The van der Waals surface area contributed by atoms with Crippen molar-refractivity contribution < 1.29 is 27.2 Å². The standard InChI is InChI=1S/C21H23F4N3O2/c22-15-3-1-5-17(10-15)28-12-14(9-18(29)6-7-21(23,24)25)19(13-28)20(30)27-16-4-2-8-26-11-16/h1,3,5,10,12-13,16,26H,2,4,6-9,11H2,(H,27,30)/t16-/m0/s1. The van der Waals surface area contributed by atoms with Gasteiger partial charge in [-0.1, -0.05) is 6.07 Å². The van der Waals surface area contributed by atoms with Gasteiger partial charge in [0.1, 0.15) is 11.6 Å². The molecule has 1 aliphatic heterocycles. The molecular weight excluding hydrogens is 402 g/mol. The number of hydrogen-bond acceptors (Lipinski definition) is 3. The fourth-order valence-corrected chi connectivity index (χ4v) is 3.45. The monoisotopic (exact) mass is 425 g/mol. The molecule has 1 aromatic heterocycles. The summed E-state index contributed by atoms with van der Waals surface area (Å²) in [5, 5.41) is 6.09. The lowest BCUT2D eigenvalue weighted by molar-refractivity contribution is -0.143. The number of amides is 1. The molecule has 9 heteroatoms. The van der Waals surface area contributed by atoms with Crippen LogP contribution in [-0.4, -0.2) is 41.6 Å². The van der Waals surface area contributed by atoms with E-state index in [1.54, 1.807) is 6.07 Å². The van der Waals surface area contributed by atoms with Crippen LogP contribution < -0.4 is 10.6 Å². The first kappa shape index (κ1) is 22.0. The van der Waals surface area contributed by atoms with Crippen LogP contribution >= 0.6 is 0 Å². The van der Waals surface area contributed by atoms with Crippen molar-refractivity contribution in [3.8, 4) is 5.69 Å². The number of nitrogens with one attached hydrogen (secondary N) is 2. The van der Waals surface area contributed by atoms with Gasteiger partial charge in [-0.25, -0.2) is 4.39 Å². The van der Waals surface area contributed by atoms with Gasteiger partial charge in [-0.3, -0.25) is 9.59 Å². The minimum atomic E-state index is -4.42. The van der Waals surface area contributed by atoms with Crippen molar-refractivity contribution in [2.75, 3.05) is 13.1 Å². The first-order valence-corrected chi connectivity index (χ1v) is 9.78. The molecule has 0 saturated carbocycles. The smallest absolute Gasteiger partial charge is 0.348 e. The van der Waals surface area contributed by atoms with Crippen LogP contribution in [0.3, 0.4) is 0 Å². The topological polar surface area (TPSA) is 63.1 Å². The SMILES string of the molecule is O=C(CCC(F)(F)F)Cc1cn(-c2cccc(F)c2)cc1C(=O)N[C@H]1CCCNC1. The summed E-state index contributed by atoms with van der Waals surface area (Å²) in [6.07, 6.45) is -1.88. The number of aromatic nitrogens is 1. The Hall–Kier alpha value is -2.68. The molecule has 2 N–H and O–H groups in total. The Kier molecular flexibility index (Phi) is 6.91. The predicted octanol–water partition coefficient (Wildman–Crippen LogP) is 3.55. The summed E-state index contributed by atoms with van der Waals surface area (Å²) in [4.78, 5) is 24.9. The van der Waals surface area contributed by atoms with Gasteiger partial charge in [0.2, 0.25) is 0 Å². The largest absolute Gasteiger partial charge is 0.389 e. The molecule has 162 valence electrons. The van der Waals surface area contributed by atoms with Crippen molar-refractivity contribution in [1.82, 2.24) is 15.2 Å². The molecule has 1 aliphatic rings. The van der Waals surface area contributed by atoms with E-state index < -0.39 is 36.5 Å². The third-order valence-corrected chi connectivity index (χ3v) is 4.97. The maximum atomic E-state index is 13.6. The van der Waals surface area contributed by atoms with Gasteiger partial charge in [0.05, 0.1) is 12.0 Å². The summed E-state index contributed by atoms with van der Waals surface area (Å²) in [5.41, 5.74) is 0.954. The molecule has 0 aliphatic carbocycles. The fraction of sp³-hybridized carbons (Fsp3) is 0.429. The van der Waals surface area contributed by atoms with Crippen LogP contribution in [0.4, 0.5) is 17.6 Å². The first-order chi connectivity index (χ1) is 14.2. The van der Waals surface area contributed by atoms with Crippen molar-refractivity contribution in [1.29, 1.82) is 0 Å². The van der Waals surface area contributed by atoms with Gasteiger partial charge in [-0.15, -0.1) is 0 Å². The number of alkyl halides is 3. The number of rotatable bonds is 7. The van der Waals surface area contributed by atoms with Gasteiger partial charge in [-0.2, -0.15) is 13.2 Å². The molecule has 30 heavy (non-hydrogen) atoms. The average molecular weight is 425 g/mol. The van der Waals surface area contributed by atoms with Crippen LogP contribution in [-0.2, 0) is 11.2 Å². The van der Waals surface area contributed by atoms with E-state index in [2.05, 4.69) is 10.6 Å². The average Bonchev–Trinajstić information content (AvgIpc) is 3.10. The molecule has 0 radical (unpaired) electrons. The number of halogens is 4. The number of carbonyl (C=O) groups is 2. The van der Waals surface area contributed by atoms with E-state index in [1.807, 2.05) is 0 Å². The number of carbonyl (C=O) groups excluding carboxylic acids is 2. The fourth-order valence-electron chi connectivity index (χ4n) is 3.45. The van der Waals surface area contributed by atoms with Gasteiger partial charge >= 0.3 is 6.18 Å². The third kappa shape index (κ3) is 6.16. The lowest BCUT2D eigenvalue weighted by Crippen LogP contribution is -2.45. The van der Waals surface area contributed by atoms with Gasteiger partial charge in [-0.05, 0) is 43.1 Å². The second-order valence-corrected chi connectivity index (χ2v) is 7.43. The molecule has 5 nitrogen and oxygen atoms in total. The number of piperidine rings is 1. The summed E-state index contributed by atoms with van der Waals surface area (Å²) in [5.74, 6) is -1.49. The van der Waals surface area contributed by atoms with E-state index in [1.165, 1.54) is 35.2 Å². The van der Waals surface area contributed by atoms with Crippen molar-refractivity contribution >= 4 is 11.7 Å². The minimum absolute atomic E-state index is 0.0717. The van der Waals surface area contributed by atoms with Crippen molar-refractivity contribution in [2.45, 2.75) is 44.3 Å². The van der Waals surface area contributed by atoms with Crippen LogP contribution in [0, 0.1) is 5.82 Å².